The molecule has 5 nitrogen and oxygen atoms in total. The van der Waals surface area contributed by atoms with Gasteiger partial charge in [0.15, 0.2) is 0 Å². The second-order valence-electron chi connectivity index (χ2n) is 5.16. The molecule has 2 amide bonds. The molecule has 2 N–H and O–H groups in total. The number of phenolic OH excluding ortho intramolecular Hbond substituents is 1. The number of hydrogen-bond donors (Lipinski definition) is 2. The summed E-state index contributed by atoms with van der Waals surface area (Å²) in [4.78, 5) is 25.9. The Morgan fingerprint density at radius 2 is 2.10 bits per heavy atom. The van der Waals surface area contributed by atoms with E-state index in [0.29, 0.717) is 13.0 Å². The van der Waals surface area contributed by atoms with Gasteiger partial charge in [-0.3, -0.25) is 9.59 Å². The molecular weight excluding hydrogens is 256 g/mol. The second-order valence-corrected chi connectivity index (χ2v) is 5.16. The van der Waals surface area contributed by atoms with Crippen LogP contribution in [0.25, 0.3) is 0 Å². The third-order valence-electron chi connectivity index (χ3n) is 3.59. The van der Waals surface area contributed by atoms with Crippen LogP contribution in [0.2, 0.25) is 0 Å². The first-order chi connectivity index (χ1) is 9.52. The Hall–Kier alpha value is -2.04. The Morgan fingerprint density at radius 3 is 2.75 bits per heavy atom. The van der Waals surface area contributed by atoms with E-state index in [2.05, 4.69) is 5.32 Å². The van der Waals surface area contributed by atoms with Gasteiger partial charge in [0.25, 0.3) is 0 Å². The third-order valence-corrected chi connectivity index (χ3v) is 3.59. The summed E-state index contributed by atoms with van der Waals surface area (Å²) in [6.07, 6.45) is 1.48. The molecule has 1 aliphatic heterocycles. The lowest BCUT2D eigenvalue weighted by atomic mass is 10.0. The molecule has 0 aliphatic carbocycles. The maximum absolute atomic E-state index is 12.4. The second kappa shape index (κ2) is 5.94. The highest BCUT2D eigenvalue weighted by atomic mass is 16.3. The van der Waals surface area contributed by atoms with E-state index in [1.165, 1.54) is 0 Å². The molecule has 2 rings (SSSR count). The number of hydrogen-bond acceptors (Lipinski definition) is 3. The highest BCUT2D eigenvalue weighted by Gasteiger charge is 2.37. The molecule has 0 aromatic heterocycles. The summed E-state index contributed by atoms with van der Waals surface area (Å²) in [5.74, 6) is -0.0142. The van der Waals surface area contributed by atoms with E-state index in [1.807, 2.05) is 13.0 Å². The van der Waals surface area contributed by atoms with Crippen LogP contribution < -0.4 is 5.32 Å². The summed E-state index contributed by atoms with van der Waals surface area (Å²) >= 11 is 0. The fraction of sp³-hybridized carbons (Fsp3) is 0.467. The van der Waals surface area contributed by atoms with Gasteiger partial charge in [-0.15, -0.1) is 0 Å². The van der Waals surface area contributed by atoms with E-state index in [4.69, 9.17) is 0 Å². The third kappa shape index (κ3) is 2.92. The van der Waals surface area contributed by atoms with Crippen molar-refractivity contribution in [1.29, 1.82) is 0 Å². The van der Waals surface area contributed by atoms with E-state index >= 15 is 0 Å². The van der Waals surface area contributed by atoms with Gasteiger partial charge in [0.2, 0.25) is 11.8 Å². The minimum Gasteiger partial charge on any atom is -0.508 e. The topological polar surface area (TPSA) is 69.6 Å². The van der Waals surface area contributed by atoms with Gasteiger partial charge >= 0.3 is 0 Å². The van der Waals surface area contributed by atoms with Crippen LogP contribution in [0.1, 0.15) is 32.3 Å². The molecule has 5 heteroatoms. The molecule has 1 fully saturated rings. The average Bonchev–Trinajstić information content (AvgIpc) is 2.41. The standard InChI is InChI=1S/C15H20N2O3/c1-3-5-13-15(20)17(10(2)14(19)16-13)9-11-6-4-7-12(18)8-11/h4,6-8,10,13,18H,3,5,9H2,1-2H3,(H,16,19). The molecule has 2 unspecified atom stereocenters. The van der Waals surface area contributed by atoms with Crippen molar-refractivity contribution in [3.63, 3.8) is 0 Å². The zero-order valence-corrected chi connectivity index (χ0v) is 11.8. The first-order valence-electron chi connectivity index (χ1n) is 6.91. The van der Waals surface area contributed by atoms with Gasteiger partial charge in [-0.2, -0.15) is 0 Å². The van der Waals surface area contributed by atoms with Gasteiger partial charge in [0.1, 0.15) is 17.8 Å². The van der Waals surface area contributed by atoms with Crippen LogP contribution in [0.3, 0.4) is 0 Å². The van der Waals surface area contributed by atoms with Crippen molar-refractivity contribution in [2.75, 3.05) is 0 Å². The number of aromatic hydroxyl groups is 1. The molecule has 1 aromatic carbocycles. The largest absolute Gasteiger partial charge is 0.508 e. The van der Waals surface area contributed by atoms with Crippen molar-refractivity contribution < 1.29 is 14.7 Å². The van der Waals surface area contributed by atoms with E-state index in [1.54, 1.807) is 30.0 Å². The summed E-state index contributed by atoms with van der Waals surface area (Å²) < 4.78 is 0. The molecule has 2 atom stereocenters. The number of nitrogens with zero attached hydrogens (tertiary/aromatic N) is 1. The fourth-order valence-corrected chi connectivity index (χ4v) is 2.44. The van der Waals surface area contributed by atoms with Gasteiger partial charge in [-0.1, -0.05) is 25.5 Å². The van der Waals surface area contributed by atoms with Crippen molar-refractivity contribution in [2.45, 2.75) is 45.3 Å². The minimum absolute atomic E-state index is 0.0534. The Bertz CT molecular complexity index is 516. The van der Waals surface area contributed by atoms with Crippen LogP contribution >= 0.6 is 0 Å². The molecule has 1 heterocycles. The molecular formula is C15H20N2O3. The quantitative estimate of drug-likeness (QED) is 0.873. The van der Waals surface area contributed by atoms with Gasteiger partial charge < -0.3 is 15.3 Å². The van der Waals surface area contributed by atoms with Crippen molar-refractivity contribution in [1.82, 2.24) is 10.2 Å². The molecule has 1 saturated heterocycles. The van der Waals surface area contributed by atoms with Crippen LogP contribution in [0.5, 0.6) is 5.75 Å². The van der Waals surface area contributed by atoms with Crippen molar-refractivity contribution in [2.24, 2.45) is 0 Å². The molecule has 0 spiro atoms. The Labute approximate surface area is 118 Å². The van der Waals surface area contributed by atoms with Crippen molar-refractivity contribution in [3.05, 3.63) is 29.8 Å². The lowest BCUT2D eigenvalue weighted by molar-refractivity contribution is -0.149. The SMILES string of the molecule is CCCC1NC(=O)C(C)N(Cc2cccc(O)c2)C1=O. The molecule has 0 bridgehead atoms. The van der Waals surface area contributed by atoms with Crippen LogP contribution in [-0.4, -0.2) is 33.9 Å². The predicted molar refractivity (Wildman–Crippen MR) is 75.0 cm³/mol. The molecule has 1 aliphatic rings. The fourth-order valence-electron chi connectivity index (χ4n) is 2.44. The maximum atomic E-state index is 12.4. The van der Waals surface area contributed by atoms with Crippen molar-refractivity contribution in [3.8, 4) is 5.75 Å². The van der Waals surface area contributed by atoms with E-state index < -0.39 is 12.1 Å². The molecule has 0 radical (unpaired) electrons. The highest BCUT2D eigenvalue weighted by Crippen LogP contribution is 2.19. The summed E-state index contributed by atoms with van der Waals surface area (Å²) in [6, 6.07) is 5.84. The molecule has 1 aromatic rings. The van der Waals surface area contributed by atoms with E-state index in [0.717, 1.165) is 12.0 Å². The molecule has 0 saturated carbocycles. The summed E-state index contributed by atoms with van der Waals surface area (Å²) in [7, 11) is 0. The summed E-state index contributed by atoms with van der Waals surface area (Å²) in [5.41, 5.74) is 0.815. The number of amides is 2. The zero-order valence-electron chi connectivity index (χ0n) is 11.8. The Balaban J connectivity index is 2.18. The van der Waals surface area contributed by atoms with Crippen molar-refractivity contribution >= 4 is 11.8 Å². The summed E-state index contributed by atoms with van der Waals surface area (Å²) in [6.45, 7) is 4.04. The van der Waals surface area contributed by atoms with E-state index in [-0.39, 0.29) is 17.6 Å². The lowest BCUT2D eigenvalue weighted by Gasteiger charge is -2.37. The lowest BCUT2D eigenvalue weighted by Crippen LogP contribution is -2.61. The minimum atomic E-state index is -0.488. The average molecular weight is 276 g/mol. The van der Waals surface area contributed by atoms with Crippen LogP contribution in [0.15, 0.2) is 24.3 Å². The monoisotopic (exact) mass is 276 g/mol. The zero-order chi connectivity index (χ0) is 14.7. The maximum Gasteiger partial charge on any atom is 0.246 e. The van der Waals surface area contributed by atoms with Gasteiger partial charge in [-0.05, 0) is 31.0 Å². The first-order valence-corrected chi connectivity index (χ1v) is 6.91. The smallest absolute Gasteiger partial charge is 0.246 e. The van der Waals surface area contributed by atoms with Gasteiger partial charge in [0, 0.05) is 6.54 Å². The number of rotatable bonds is 4. The molecule has 108 valence electrons. The van der Waals surface area contributed by atoms with Crippen LogP contribution in [-0.2, 0) is 16.1 Å². The van der Waals surface area contributed by atoms with Crippen LogP contribution in [0.4, 0.5) is 0 Å². The number of carbonyl (C=O) groups is 2. The normalized spacial score (nSPS) is 22.8. The Kier molecular flexibility index (Phi) is 4.27. The number of benzene rings is 1. The first kappa shape index (κ1) is 14.4. The van der Waals surface area contributed by atoms with Gasteiger partial charge in [0.05, 0.1) is 0 Å². The predicted octanol–water partition coefficient (Wildman–Crippen LogP) is 1.41. The number of phenols is 1. The summed E-state index contributed by atoms with van der Waals surface area (Å²) in [5, 5.41) is 12.2. The number of carbonyl (C=O) groups excluding carboxylic acids is 2. The van der Waals surface area contributed by atoms with Gasteiger partial charge in [-0.25, -0.2) is 0 Å². The number of nitrogens with one attached hydrogen (secondary N) is 1. The highest BCUT2D eigenvalue weighted by molar-refractivity contribution is 5.96. The Morgan fingerprint density at radius 1 is 1.35 bits per heavy atom. The number of piperazine rings is 1. The van der Waals surface area contributed by atoms with Crippen LogP contribution in [0, 0.1) is 0 Å². The van der Waals surface area contributed by atoms with E-state index in [9.17, 15) is 14.7 Å². The molecule has 20 heavy (non-hydrogen) atoms.